The summed E-state index contributed by atoms with van der Waals surface area (Å²) in [6.45, 7) is 1.22. The van der Waals surface area contributed by atoms with E-state index in [1.54, 1.807) is 4.90 Å². The molecule has 2 heterocycles. The fourth-order valence-corrected chi connectivity index (χ4v) is 5.78. The Morgan fingerprint density at radius 2 is 1.61 bits per heavy atom. The molecule has 0 bridgehead atoms. The lowest BCUT2D eigenvalue weighted by Gasteiger charge is -2.37. The van der Waals surface area contributed by atoms with Crippen molar-refractivity contribution in [2.24, 2.45) is 5.92 Å². The Balaban J connectivity index is 1.19. The number of benzene rings is 2. The van der Waals surface area contributed by atoms with E-state index in [2.05, 4.69) is 34.6 Å². The van der Waals surface area contributed by atoms with Crippen molar-refractivity contribution in [2.75, 3.05) is 13.1 Å². The quantitative estimate of drug-likeness (QED) is 0.458. The third-order valence-corrected chi connectivity index (χ3v) is 7.86. The standard InChI is InChI=1S/C29H31N3O4/c33-25-13-12-24(18-25)29(27(35)30-28(36)31-29)19-26(34)32-16-14-23(15-17-32)22-10-8-21(9-11-22)7-6-20-4-2-1-3-5-20/h1-5,8-11,23-25,33H,12-19H2,(H2,30,31,35,36). The molecule has 3 unspecified atom stereocenters. The first-order valence-electron chi connectivity index (χ1n) is 12.7. The van der Waals surface area contributed by atoms with Crippen molar-refractivity contribution < 1.29 is 19.5 Å². The van der Waals surface area contributed by atoms with Gasteiger partial charge >= 0.3 is 6.03 Å². The highest BCUT2D eigenvalue weighted by atomic mass is 16.3. The minimum Gasteiger partial charge on any atom is -0.393 e. The molecule has 4 amide bonds. The summed E-state index contributed by atoms with van der Waals surface area (Å²) in [5, 5.41) is 15.0. The fraction of sp³-hybridized carbons (Fsp3) is 0.414. The predicted octanol–water partition coefficient (Wildman–Crippen LogP) is 2.92. The lowest BCUT2D eigenvalue weighted by atomic mass is 9.79. The summed E-state index contributed by atoms with van der Waals surface area (Å²) in [6, 6.07) is 17.7. The molecule has 2 saturated heterocycles. The second-order valence-corrected chi connectivity index (χ2v) is 10.1. The van der Waals surface area contributed by atoms with E-state index in [1.807, 2.05) is 42.5 Å². The SMILES string of the molecule is O=C1NC(=O)C(CC(=O)N2CCC(c3ccc(C#Cc4ccccc4)cc3)CC2)(C2CCC(O)C2)N1. The van der Waals surface area contributed by atoms with Crippen molar-refractivity contribution in [3.63, 3.8) is 0 Å². The summed E-state index contributed by atoms with van der Waals surface area (Å²) in [7, 11) is 0. The number of aliphatic hydroxyl groups is 1. The van der Waals surface area contributed by atoms with Crippen LogP contribution in [0.5, 0.6) is 0 Å². The van der Waals surface area contributed by atoms with Crippen LogP contribution in [0.15, 0.2) is 54.6 Å². The van der Waals surface area contributed by atoms with E-state index in [1.165, 1.54) is 5.56 Å². The highest BCUT2D eigenvalue weighted by molar-refractivity contribution is 6.09. The number of imide groups is 1. The lowest BCUT2D eigenvalue weighted by Crippen LogP contribution is -2.56. The van der Waals surface area contributed by atoms with Crippen LogP contribution >= 0.6 is 0 Å². The topological polar surface area (TPSA) is 98.7 Å². The molecule has 7 nitrogen and oxygen atoms in total. The molecular formula is C29H31N3O4. The number of carbonyl (C=O) groups is 3. The van der Waals surface area contributed by atoms with Crippen molar-refractivity contribution in [1.82, 2.24) is 15.5 Å². The normalized spacial score (nSPS) is 26.2. The monoisotopic (exact) mass is 485 g/mol. The maximum Gasteiger partial charge on any atom is 0.322 e. The number of rotatable bonds is 4. The molecule has 3 fully saturated rings. The van der Waals surface area contributed by atoms with Gasteiger partial charge in [-0.1, -0.05) is 42.2 Å². The fourth-order valence-electron chi connectivity index (χ4n) is 5.78. The molecule has 186 valence electrons. The van der Waals surface area contributed by atoms with E-state index in [9.17, 15) is 19.5 Å². The van der Waals surface area contributed by atoms with E-state index in [0.29, 0.717) is 38.3 Å². The van der Waals surface area contributed by atoms with Crippen molar-refractivity contribution in [1.29, 1.82) is 0 Å². The minimum absolute atomic E-state index is 0.0680. The Hall–Kier alpha value is -3.63. The van der Waals surface area contributed by atoms with E-state index in [0.717, 1.165) is 24.0 Å². The molecule has 3 aliphatic rings. The number of amides is 4. The van der Waals surface area contributed by atoms with E-state index >= 15 is 0 Å². The summed E-state index contributed by atoms with van der Waals surface area (Å²) in [5.74, 6) is 5.91. The van der Waals surface area contributed by atoms with Crippen molar-refractivity contribution in [3.05, 3.63) is 71.3 Å². The first-order chi connectivity index (χ1) is 17.4. The van der Waals surface area contributed by atoms with Crippen LogP contribution < -0.4 is 10.6 Å². The van der Waals surface area contributed by atoms with Gasteiger partial charge < -0.3 is 15.3 Å². The number of carbonyl (C=O) groups excluding carboxylic acids is 3. The van der Waals surface area contributed by atoms with Gasteiger partial charge in [-0.15, -0.1) is 0 Å². The summed E-state index contributed by atoms with van der Waals surface area (Å²) in [4.78, 5) is 39.8. The third kappa shape index (κ3) is 5.00. The Kier molecular flexibility index (Phi) is 6.80. The van der Waals surface area contributed by atoms with Crippen LogP contribution in [0.4, 0.5) is 4.79 Å². The van der Waals surface area contributed by atoms with Gasteiger partial charge in [-0.3, -0.25) is 14.9 Å². The molecule has 3 atom stereocenters. The molecule has 0 radical (unpaired) electrons. The number of nitrogens with zero attached hydrogens (tertiary/aromatic N) is 1. The maximum absolute atomic E-state index is 13.2. The largest absolute Gasteiger partial charge is 0.393 e. The zero-order valence-corrected chi connectivity index (χ0v) is 20.2. The van der Waals surface area contributed by atoms with Crippen LogP contribution in [0.3, 0.4) is 0 Å². The molecule has 3 N–H and O–H groups in total. The van der Waals surface area contributed by atoms with Crippen molar-refractivity contribution >= 4 is 17.8 Å². The second kappa shape index (κ2) is 10.2. The number of hydrogen-bond donors (Lipinski definition) is 3. The molecule has 36 heavy (non-hydrogen) atoms. The molecule has 0 aromatic heterocycles. The molecule has 0 spiro atoms. The van der Waals surface area contributed by atoms with Crippen LogP contribution in [0.2, 0.25) is 0 Å². The van der Waals surface area contributed by atoms with Crippen LogP contribution in [0, 0.1) is 17.8 Å². The van der Waals surface area contributed by atoms with Gasteiger partial charge in [0.05, 0.1) is 12.5 Å². The Bertz CT molecular complexity index is 1190. The van der Waals surface area contributed by atoms with Crippen molar-refractivity contribution in [2.45, 2.75) is 56.1 Å². The zero-order chi connectivity index (χ0) is 25.1. The van der Waals surface area contributed by atoms with E-state index < -0.39 is 23.6 Å². The van der Waals surface area contributed by atoms with Gasteiger partial charge in [-0.2, -0.15) is 0 Å². The number of piperidine rings is 1. The van der Waals surface area contributed by atoms with Gasteiger partial charge in [0.15, 0.2) is 0 Å². The summed E-state index contributed by atoms with van der Waals surface area (Å²) >= 11 is 0. The molecular weight excluding hydrogens is 454 g/mol. The van der Waals surface area contributed by atoms with E-state index in [4.69, 9.17) is 0 Å². The molecule has 2 aromatic rings. The third-order valence-electron chi connectivity index (χ3n) is 7.86. The lowest BCUT2D eigenvalue weighted by molar-refractivity contribution is -0.139. The van der Waals surface area contributed by atoms with Gasteiger partial charge in [-0.05, 0) is 73.8 Å². The number of urea groups is 1. The zero-order valence-electron chi connectivity index (χ0n) is 20.2. The van der Waals surface area contributed by atoms with Gasteiger partial charge in [-0.25, -0.2) is 4.79 Å². The molecule has 2 aromatic carbocycles. The van der Waals surface area contributed by atoms with Crippen LogP contribution in [-0.4, -0.2) is 52.6 Å². The molecule has 1 aliphatic carbocycles. The summed E-state index contributed by atoms with van der Waals surface area (Å²) < 4.78 is 0. The average molecular weight is 486 g/mol. The highest BCUT2D eigenvalue weighted by Crippen LogP contribution is 2.39. The molecule has 5 rings (SSSR count). The predicted molar refractivity (Wildman–Crippen MR) is 135 cm³/mol. The first kappa shape index (κ1) is 24.1. The minimum atomic E-state index is -1.26. The molecule has 1 saturated carbocycles. The van der Waals surface area contributed by atoms with Gasteiger partial charge in [0.25, 0.3) is 5.91 Å². The van der Waals surface area contributed by atoms with E-state index in [-0.39, 0.29) is 18.2 Å². The van der Waals surface area contributed by atoms with Gasteiger partial charge in [0, 0.05) is 24.2 Å². The number of nitrogens with one attached hydrogen (secondary N) is 2. The Morgan fingerprint density at radius 3 is 2.19 bits per heavy atom. The maximum atomic E-state index is 13.2. The van der Waals surface area contributed by atoms with Crippen molar-refractivity contribution in [3.8, 4) is 11.8 Å². The number of likely N-dealkylation sites (tertiary alicyclic amines) is 1. The average Bonchev–Trinajstić information content (AvgIpc) is 3.46. The van der Waals surface area contributed by atoms with Crippen LogP contribution in [-0.2, 0) is 9.59 Å². The number of aliphatic hydroxyl groups excluding tert-OH is 1. The van der Waals surface area contributed by atoms with Crippen LogP contribution in [0.25, 0.3) is 0 Å². The Morgan fingerprint density at radius 1 is 0.944 bits per heavy atom. The second-order valence-electron chi connectivity index (χ2n) is 10.1. The molecule has 7 heteroatoms. The number of hydrogen-bond acceptors (Lipinski definition) is 4. The summed E-state index contributed by atoms with van der Waals surface area (Å²) in [6.07, 6.45) is 2.71. The van der Waals surface area contributed by atoms with Gasteiger partial charge in [0.1, 0.15) is 5.54 Å². The van der Waals surface area contributed by atoms with Crippen LogP contribution in [0.1, 0.15) is 61.1 Å². The first-order valence-corrected chi connectivity index (χ1v) is 12.7. The Labute approximate surface area is 211 Å². The highest BCUT2D eigenvalue weighted by Gasteiger charge is 2.55. The molecule has 2 aliphatic heterocycles. The van der Waals surface area contributed by atoms with Gasteiger partial charge in [0.2, 0.25) is 5.91 Å². The summed E-state index contributed by atoms with van der Waals surface area (Å²) in [5.41, 5.74) is 1.93. The smallest absolute Gasteiger partial charge is 0.322 e.